The maximum absolute atomic E-state index is 10.7. The average molecular weight is 254 g/mol. The molecule has 1 aromatic heterocycles. The van der Waals surface area contributed by atoms with Crippen LogP contribution in [0.5, 0.6) is 0 Å². The molecular formula is C12H18N2O2S. The van der Waals surface area contributed by atoms with Gasteiger partial charge in [-0.3, -0.25) is 0 Å². The van der Waals surface area contributed by atoms with Crippen molar-refractivity contribution >= 4 is 22.4 Å². The van der Waals surface area contributed by atoms with Crippen LogP contribution in [0.15, 0.2) is 5.38 Å². The summed E-state index contributed by atoms with van der Waals surface area (Å²) < 4.78 is 0. The number of hydrogen-bond acceptors (Lipinski definition) is 4. The molecule has 2 rings (SSSR count). The van der Waals surface area contributed by atoms with E-state index in [-0.39, 0.29) is 5.69 Å². The van der Waals surface area contributed by atoms with Crippen molar-refractivity contribution in [2.45, 2.75) is 45.6 Å². The summed E-state index contributed by atoms with van der Waals surface area (Å²) in [5, 5.41) is 14.5. The average Bonchev–Trinajstić information content (AvgIpc) is 2.64. The van der Waals surface area contributed by atoms with Gasteiger partial charge in [-0.2, -0.15) is 0 Å². The predicted molar refractivity (Wildman–Crippen MR) is 68.7 cm³/mol. The van der Waals surface area contributed by atoms with Crippen LogP contribution in [0.1, 0.15) is 50.0 Å². The highest BCUT2D eigenvalue weighted by Gasteiger charge is 2.28. The molecule has 0 saturated heterocycles. The van der Waals surface area contributed by atoms with Crippen LogP contribution in [-0.4, -0.2) is 22.1 Å². The molecule has 1 heterocycles. The summed E-state index contributed by atoms with van der Waals surface area (Å²) in [5.74, 6) is -0.960. The second-order valence-electron chi connectivity index (χ2n) is 5.44. The number of nitrogens with zero attached hydrogens (tertiary/aromatic N) is 1. The van der Waals surface area contributed by atoms with Crippen LogP contribution in [0.2, 0.25) is 0 Å². The van der Waals surface area contributed by atoms with Crippen LogP contribution in [0.4, 0.5) is 5.13 Å². The van der Waals surface area contributed by atoms with E-state index >= 15 is 0 Å². The fraction of sp³-hybridized carbons (Fsp3) is 0.667. The number of rotatable bonds is 3. The van der Waals surface area contributed by atoms with Crippen molar-refractivity contribution in [2.75, 3.05) is 5.32 Å². The highest BCUT2D eigenvalue weighted by molar-refractivity contribution is 7.13. The summed E-state index contributed by atoms with van der Waals surface area (Å²) in [5.41, 5.74) is 0.510. The quantitative estimate of drug-likeness (QED) is 0.869. The van der Waals surface area contributed by atoms with Gasteiger partial charge in [0.05, 0.1) is 0 Å². The molecule has 17 heavy (non-hydrogen) atoms. The summed E-state index contributed by atoms with van der Waals surface area (Å²) in [6, 6.07) is 0.423. The van der Waals surface area contributed by atoms with Gasteiger partial charge in [-0.1, -0.05) is 20.3 Å². The van der Waals surface area contributed by atoms with Crippen LogP contribution in [0, 0.1) is 5.41 Å². The van der Waals surface area contributed by atoms with Gasteiger partial charge in [-0.15, -0.1) is 11.3 Å². The molecule has 1 aliphatic carbocycles. The molecule has 0 spiro atoms. The number of nitrogens with one attached hydrogen (secondary N) is 1. The molecule has 4 nitrogen and oxygen atoms in total. The zero-order chi connectivity index (χ0) is 12.5. The van der Waals surface area contributed by atoms with E-state index in [1.54, 1.807) is 5.38 Å². The van der Waals surface area contributed by atoms with Crippen molar-refractivity contribution in [3.63, 3.8) is 0 Å². The van der Waals surface area contributed by atoms with E-state index in [0.29, 0.717) is 11.5 Å². The van der Waals surface area contributed by atoms with Gasteiger partial charge < -0.3 is 10.4 Å². The van der Waals surface area contributed by atoms with Gasteiger partial charge in [-0.05, 0) is 24.7 Å². The second-order valence-corrected chi connectivity index (χ2v) is 6.30. The Bertz CT molecular complexity index is 414. The first kappa shape index (κ1) is 12.4. The molecular weight excluding hydrogens is 236 g/mol. The van der Waals surface area contributed by atoms with Crippen LogP contribution in [0.25, 0.3) is 0 Å². The van der Waals surface area contributed by atoms with Crippen molar-refractivity contribution in [1.29, 1.82) is 0 Å². The van der Waals surface area contributed by atoms with Crippen molar-refractivity contribution in [3.05, 3.63) is 11.1 Å². The molecule has 1 aliphatic rings. The SMILES string of the molecule is CC1(C)CCCC(Nc2nc(C(=O)O)cs2)C1. The highest BCUT2D eigenvalue weighted by Crippen LogP contribution is 2.36. The molecule has 1 unspecified atom stereocenters. The van der Waals surface area contributed by atoms with Gasteiger partial charge in [0.1, 0.15) is 0 Å². The number of hydrogen-bond donors (Lipinski definition) is 2. The van der Waals surface area contributed by atoms with Gasteiger partial charge in [0.25, 0.3) is 0 Å². The monoisotopic (exact) mass is 254 g/mol. The molecule has 2 N–H and O–H groups in total. The molecule has 1 saturated carbocycles. The van der Waals surface area contributed by atoms with Crippen LogP contribution in [-0.2, 0) is 0 Å². The third-order valence-corrected chi connectivity index (χ3v) is 4.03. The molecule has 1 atom stereocenters. The summed E-state index contributed by atoms with van der Waals surface area (Å²) in [4.78, 5) is 14.8. The lowest BCUT2D eigenvalue weighted by molar-refractivity contribution is 0.0691. The number of aromatic nitrogens is 1. The lowest BCUT2D eigenvalue weighted by atomic mass is 9.75. The predicted octanol–water partition coefficient (Wildman–Crippen LogP) is 3.22. The minimum Gasteiger partial charge on any atom is -0.476 e. The Morgan fingerprint density at radius 2 is 2.41 bits per heavy atom. The number of anilines is 1. The Morgan fingerprint density at radius 1 is 1.65 bits per heavy atom. The lowest BCUT2D eigenvalue weighted by Crippen LogP contribution is -2.31. The van der Waals surface area contributed by atoms with Gasteiger partial charge in [0.15, 0.2) is 10.8 Å². The first-order valence-electron chi connectivity index (χ1n) is 5.92. The van der Waals surface area contributed by atoms with E-state index in [9.17, 15) is 4.79 Å². The van der Waals surface area contributed by atoms with Crippen molar-refractivity contribution in [3.8, 4) is 0 Å². The van der Waals surface area contributed by atoms with Gasteiger partial charge in [-0.25, -0.2) is 9.78 Å². The number of carboxylic acids is 1. The van der Waals surface area contributed by atoms with Gasteiger partial charge in [0.2, 0.25) is 0 Å². The smallest absolute Gasteiger partial charge is 0.355 e. The molecule has 5 heteroatoms. The van der Waals surface area contributed by atoms with Crippen LogP contribution >= 0.6 is 11.3 Å². The third kappa shape index (κ3) is 3.19. The van der Waals surface area contributed by atoms with E-state index in [1.165, 1.54) is 24.2 Å². The Morgan fingerprint density at radius 3 is 3.00 bits per heavy atom. The van der Waals surface area contributed by atoms with Crippen molar-refractivity contribution in [1.82, 2.24) is 4.98 Å². The summed E-state index contributed by atoms with van der Waals surface area (Å²) in [7, 11) is 0. The summed E-state index contributed by atoms with van der Waals surface area (Å²) in [6.07, 6.45) is 4.76. The Kier molecular flexibility index (Phi) is 3.38. The second kappa shape index (κ2) is 4.64. The summed E-state index contributed by atoms with van der Waals surface area (Å²) in [6.45, 7) is 4.57. The van der Waals surface area contributed by atoms with Crippen molar-refractivity contribution in [2.24, 2.45) is 5.41 Å². The third-order valence-electron chi connectivity index (χ3n) is 3.26. The van der Waals surface area contributed by atoms with E-state index in [0.717, 1.165) is 18.0 Å². The minimum absolute atomic E-state index is 0.132. The molecule has 0 aliphatic heterocycles. The van der Waals surface area contributed by atoms with E-state index < -0.39 is 5.97 Å². The molecule has 1 aromatic rings. The fourth-order valence-electron chi connectivity index (χ4n) is 2.43. The first-order chi connectivity index (χ1) is 7.96. The molecule has 0 bridgehead atoms. The number of carboxylic acid groups (broad SMARTS) is 1. The van der Waals surface area contributed by atoms with Crippen LogP contribution in [0.3, 0.4) is 0 Å². The Hall–Kier alpha value is -1.10. The van der Waals surface area contributed by atoms with Gasteiger partial charge in [0, 0.05) is 11.4 Å². The van der Waals surface area contributed by atoms with E-state index in [2.05, 4.69) is 24.1 Å². The van der Waals surface area contributed by atoms with Crippen LogP contribution < -0.4 is 5.32 Å². The molecule has 94 valence electrons. The van der Waals surface area contributed by atoms with Crippen molar-refractivity contribution < 1.29 is 9.90 Å². The number of carbonyl (C=O) groups is 1. The maximum Gasteiger partial charge on any atom is 0.355 e. The fourth-order valence-corrected chi connectivity index (χ4v) is 3.20. The molecule has 0 radical (unpaired) electrons. The standard InChI is InChI=1S/C12H18N2O2S/c1-12(2)5-3-4-8(6-12)13-11-14-9(7-17-11)10(15)16/h7-8H,3-6H2,1-2H3,(H,13,14)(H,15,16). The summed E-state index contributed by atoms with van der Waals surface area (Å²) >= 11 is 1.37. The highest BCUT2D eigenvalue weighted by atomic mass is 32.1. The molecule has 0 amide bonds. The first-order valence-corrected chi connectivity index (χ1v) is 6.80. The normalized spacial score (nSPS) is 23.3. The largest absolute Gasteiger partial charge is 0.476 e. The Labute approximate surface area is 105 Å². The number of aromatic carboxylic acids is 1. The topological polar surface area (TPSA) is 62.2 Å². The van der Waals surface area contributed by atoms with Gasteiger partial charge >= 0.3 is 5.97 Å². The molecule has 1 fully saturated rings. The van der Waals surface area contributed by atoms with E-state index in [4.69, 9.17) is 5.11 Å². The Balaban J connectivity index is 1.98. The van der Waals surface area contributed by atoms with E-state index in [1.807, 2.05) is 0 Å². The minimum atomic E-state index is -0.960. The zero-order valence-electron chi connectivity index (χ0n) is 10.2. The molecule has 0 aromatic carbocycles. The lowest BCUT2D eigenvalue weighted by Gasteiger charge is -2.35. The maximum atomic E-state index is 10.7. The number of thiazole rings is 1. The zero-order valence-corrected chi connectivity index (χ0v) is 11.0.